The molecule has 1 aliphatic carbocycles. The summed E-state index contributed by atoms with van der Waals surface area (Å²) in [4.78, 5) is 10.7. The fourth-order valence-electron chi connectivity index (χ4n) is 1.89. The SMILES string of the molecule is C/C(=C\C(=O)C(F)(F)F)NC1CCCCC1. The first kappa shape index (κ1) is 13.1. The normalized spacial score (nSPS) is 19.6. The summed E-state index contributed by atoms with van der Waals surface area (Å²) in [7, 11) is 0. The van der Waals surface area contributed by atoms with E-state index in [0.29, 0.717) is 11.8 Å². The molecule has 0 amide bonds. The Morgan fingerprint density at radius 1 is 1.25 bits per heavy atom. The van der Waals surface area contributed by atoms with Gasteiger partial charge in [-0.05, 0) is 19.8 Å². The van der Waals surface area contributed by atoms with Crippen LogP contribution in [-0.2, 0) is 4.79 Å². The van der Waals surface area contributed by atoms with Crippen molar-refractivity contribution >= 4 is 5.78 Å². The Balaban J connectivity index is 2.47. The Labute approximate surface area is 92.9 Å². The Kier molecular flexibility index (Phi) is 4.38. The largest absolute Gasteiger partial charge is 0.454 e. The van der Waals surface area contributed by atoms with Crippen molar-refractivity contribution in [2.24, 2.45) is 0 Å². The van der Waals surface area contributed by atoms with Gasteiger partial charge in [-0.15, -0.1) is 0 Å². The summed E-state index contributed by atoms with van der Waals surface area (Å²) in [5, 5.41) is 2.96. The zero-order valence-corrected chi connectivity index (χ0v) is 9.23. The van der Waals surface area contributed by atoms with E-state index in [0.717, 1.165) is 25.7 Å². The topological polar surface area (TPSA) is 29.1 Å². The predicted octanol–water partition coefficient (Wildman–Crippen LogP) is 2.94. The van der Waals surface area contributed by atoms with Crippen LogP contribution in [0.5, 0.6) is 0 Å². The Morgan fingerprint density at radius 2 is 1.81 bits per heavy atom. The molecule has 5 heteroatoms. The number of carbonyl (C=O) groups excluding carboxylic acids is 1. The summed E-state index contributed by atoms with van der Waals surface area (Å²) in [6, 6.07) is 0.214. The van der Waals surface area contributed by atoms with E-state index in [1.807, 2.05) is 0 Å². The van der Waals surface area contributed by atoms with Gasteiger partial charge >= 0.3 is 6.18 Å². The third-order valence-corrected chi connectivity index (χ3v) is 2.66. The molecule has 0 saturated heterocycles. The van der Waals surface area contributed by atoms with Gasteiger partial charge < -0.3 is 5.32 Å². The number of carbonyl (C=O) groups is 1. The summed E-state index contributed by atoms with van der Waals surface area (Å²) in [6.07, 6.45) is 1.17. The van der Waals surface area contributed by atoms with E-state index in [1.54, 1.807) is 0 Å². The van der Waals surface area contributed by atoms with Gasteiger partial charge in [-0.3, -0.25) is 4.79 Å². The number of hydrogen-bond donors (Lipinski definition) is 1. The van der Waals surface area contributed by atoms with Gasteiger partial charge in [0, 0.05) is 17.8 Å². The second kappa shape index (κ2) is 5.37. The molecule has 0 aromatic carbocycles. The lowest BCUT2D eigenvalue weighted by Gasteiger charge is -2.24. The van der Waals surface area contributed by atoms with Crippen molar-refractivity contribution in [2.45, 2.75) is 51.2 Å². The van der Waals surface area contributed by atoms with Gasteiger partial charge in [-0.2, -0.15) is 13.2 Å². The summed E-state index contributed by atoms with van der Waals surface area (Å²) in [5.74, 6) is -1.80. The van der Waals surface area contributed by atoms with Crippen molar-refractivity contribution < 1.29 is 18.0 Å². The zero-order chi connectivity index (χ0) is 12.2. The molecule has 0 aromatic heterocycles. The molecular formula is C11H16F3NO. The smallest absolute Gasteiger partial charge is 0.386 e. The Bertz CT molecular complexity index is 277. The summed E-state index contributed by atoms with van der Waals surface area (Å²) >= 11 is 0. The highest BCUT2D eigenvalue weighted by Gasteiger charge is 2.36. The van der Waals surface area contributed by atoms with Crippen molar-refractivity contribution in [2.75, 3.05) is 0 Å². The second-order valence-corrected chi connectivity index (χ2v) is 4.17. The van der Waals surface area contributed by atoms with Crippen LogP contribution < -0.4 is 5.32 Å². The molecule has 16 heavy (non-hydrogen) atoms. The highest BCUT2D eigenvalue weighted by atomic mass is 19.4. The minimum Gasteiger partial charge on any atom is -0.386 e. The van der Waals surface area contributed by atoms with Crippen molar-refractivity contribution in [1.29, 1.82) is 0 Å². The maximum absolute atomic E-state index is 12.0. The van der Waals surface area contributed by atoms with Crippen molar-refractivity contribution in [1.82, 2.24) is 5.32 Å². The molecule has 92 valence electrons. The molecule has 0 heterocycles. The Morgan fingerprint density at radius 3 is 2.31 bits per heavy atom. The summed E-state index contributed by atoms with van der Waals surface area (Å²) < 4.78 is 35.9. The first-order valence-corrected chi connectivity index (χ1v) is 5.45. The maximum atomic E-state index is 12.0. The quantitative estimate of drug-likeness (QED) is 0.762. The minimum atomic E-state index is -4.77. The highest BCUT2D eigenvalue weighted by Crippen LogP contribution is 2.20. The van der Waals surface area contributed by atoms with Crippen LogP contribution >= 0.6 is 0 Å². The number of ketones is 1. The van der Waals surface area contributed by atoms with Gasteiger partial charge in [-0.1, -0.05) is 19.3 Å². The second-order valence-electron chi connectivity index (χ2n) is 4.17. The molecule has 2 nitrogen and oxygen atoms in total. The zero-order valence-electron chi connectivity index (χ0n) is 9.23. The van der Waals surface area contributed by atoms with Gasteiger partial charge in [0.1, 0.15) is 0 Å². The summed E-state index contributed by atoms with van der Waals surface area (Å²) in [6.45, 7) is 1.50. The number of hydrogen-bond acceptors (Lipinski definition) is 2. The predicted molar refractivity (Wildman–Crippen MR) is 54.8 cm³/mol. The van der Waals surface area contributed by atoms with Crippen LogP contribution in [0, 0.1) is 0 Å². The van der Waals surface area contributed by atoms with E-state index in [4.69, 9.17) is 0 Å². The molecule has 1 N–H and O–H groups in total. The molecule has 1 fully saturated rings. The van der Waals surface area contributed by atoms with Gasteiger partial charge in [0.15, 0.2) is 0 Å². The fourth-order valence-corrected chi connectivity index (χ4v) is 1.89. The standard InChI is InChI=1S/C11H16F3NO/c1-8(7-10(16)11(12,13)14)15-9-5-3-2-4-6-9/h7,9,15H,2-6H2,1H3/b8-7+. The third kappa shape index (κ3) is 4.24. The van der Waals surface area contributed by atoms with Crippen LogP contribution in [0.3, 0.4) is 0 Å². The van der Waals surface area contributed by atoms with Gasteiger partial charge in [0.25, 0.3) is 5.78 Å². The summed E-state index contributed by atoms with van der Waals surface area (Å²) in [5.41, 5.74) is 0.300. The van der Waals surface area contributed by atoms with Gasteiger partial charge in [0.05, 0.1) is 0 Å². The third-order valence-electron chi connectivity index (χ3n) is 2.66. The van der Waals surface area contributed by atoms with Crippen LogP contribution in [0.15, 0.2) is 11.8 Å². The lowest BCUT2D eigenvalue weighted by atomic mass is 9.95. The molecule has 0 unspecified atom stereocenters. The average molecular weight is 235 g/mol. The van der Waals surface area contributed by atoms with E-state index in [1.165, 1.54) is 13.3 Å². The van der Waals surface area contributed by atoms with Crippen LogP contribution in [-0.4, -0.2) is 18.0 Å². The van der Waals surface area contributed by atoms with E-state index < -0.39 is 12.0 Å². The molecule has 1 rings (SSSR count). The van der Waals surface area contributed by atoms with E-state index >= 15 is 0 Å². The molecule has 0 radical (unpaired) electrons. The molecule has 0 bridgehead atoms. The lowest BCUT2D eigenvalue weighted by molar-refractivity contribution is -0.165. The van der Waals surface area contributed by atoms with Crippen LogP contribution in [0.1, 0.15) is 39.0 Å². The highest BCUT2D eigenvalue weighted by molar-refractivity contribution is 5.94. The first-order chi connectivity index (χ1) is 7.39. The number of nitrogens with one attached hydrogen (secondary N) is 1. The number of halogens is 3. The molecule has 0 aliphatic heterocycles. The fraction of sp³-hybridized carbons (Fsp3) is 0.727. The molecule has 0 atom stereocenters. The Hall–Kier alpha value is -1.00. The number of allylic oxidation sites excluding steroid dienone is 2. The monoisotopic (exact) mass is 235 g/mol. The van der Waals surface area contributed by atoms with Crippen molar-refractivity contribution in [3.05, 3.63) is 11.8 Å². The van der Waals surface area contributed by atoms with Gasteiger partial charge in [0.2, 0.25) is 0 Å². The molecular weight excluding hydrogens is 219 g/mol. The van der Waals surface area contributed by atoms with Crippen LogP contribution in [0.4, 0.5) is 13.2 Å². The van der Waals surface area contributed by atoms with Crippen LogP contribution in [0.2, 0.25) is 0 Å². The molecule has 0 spiro atoms. The maximum Gasteiger partial charge on any atom is 0.454 e. The molecule has 1 aliphatic rings. The van der Waals surface area contributed by atoms with E-state index in [2.05, 4.69) is 5.32 Å². The first-order valence-electron chi connectivity index (χ1n) is 5.45. The molecule has 1 saturated carbocycles. The molecule has 0 aromatic rings. The lowest BCUT2D eigenvalue weighted by Crippen LogP contribution is -2.31. The van der Waals surface area contributed by atoms with Gasteiger partial charge in [-0.25, -0.2) is 0 Å². The number of alkyl halides is 3. The van der Waals surface area contributed by atoms with Crippen molar-refractivity contribution in [3.63, 3.8) is 0 Å². The van der Waals surface area contributed by atoms with E-state index in [9.17, 15) is 18.0 Å². The van der Waals surface area contributed by atoms with Crippen molar-refractivity contribution in [3.8, 4) is 0 Å². The van der Waals surface area contributed by atoms with Crippen LogP contribution in [0.25, 0.3) is 0 Å². The number of rotatable bonds is 3. The minimum absolute atomic E-state index is 0.214. The van der Waals surface area contributed by atoms with E-state index in [-0.39, 0.29) is 6.04 Å². The average Bonchev–Trinajstić information content (AvgIpc) is 2.17.